The number of rotatable bonds is 2. The molecule has 0 aliphatic carbocycles. The van der Waals surface area contributed by atoms with Crippen LogP contribution >= 0.6 is 0 Å². The molecule has 0 bridgehead atoms. The Morgan fingerprint density at radius 2 is 2.00 bits per heavy atom. The summed E-state index contributed by atoms with van der Waals surface area (Å²) in [6.45, 7) is 3.94. The zero-order valence-electron chi connectivity index (χ0n) is 10.6. The highest BCUT2D eigenvalue weighted by Gasteiger charge is 2.29. The quantitative estimate of drug-likeness (QED) is 0.876. The zero-order chi connectivity index (χ0) is 13.3. The van der Waals surface area contributed by atoms with Gasteiger partial charge in [-0.25, -0.2) is 8.42 Å². The van der Waals surface area contributed by atoms with E-state index < -0.39 is 9.84 Å². The standard InChI is InChI=1S/C13H17NO3S/c1-9-3-4-11(7-10(9)2)13(15)14-12-5-6-18(16,17)8-12/h3-4,7,12H,5-6,8H2,1-2H3,(H,14,15)/t12-/m0/s1. The number of amides is 1. The minimum Gasteiger partial charge on any atom is -0.348 e. The van der Waals surface area contributed by atoms with E-state index in [1.807, 2.05) is 26.0 Å². The second-order valence-corrected chi connectivity index (χ2v) is 7.10. The van der Waals surface area contributed by atoms with E-state index in [-0.39, 0.29) is 23.5 Å². The highest BCUT2D eigenvalue weighted by Crippen LogP contribution is 2.13. The van der Waals surface area contributed by atoms with Gasteiger partial charge in [0.05, 0.1) is 11.5 Å². The fourth-order valence-corrected chi connectivity index (χ4v) is 3.73. The van der Waals surface area contributed by atoms with E-state index in [0.717, 1.165) is 11.1 Å². The molecule has 18 heavy (non-hydrogen) atoms. The van der Waals surface area contributed by atoms with Gasteiger partial charge in [0.15, 0.2) is 9.84 Å². The molecular weight excluding hydrogens is 250 g/mol. The molecule has 1 aromatic rings. The molecule has 1 fully saturated rings. The SMILES string of the molecule is Cc1ccc(C(=O)N[C@H]2CCS(=O)(=O)C2)cc1C. The van der Waals surface area contributed by atoms with Crippen LogP contribution in [0.2, 0.25) is 0 Å². The van der Waals surface area contributed by atoms with Gasteiger partial charge in [-0.3, -0.25) is 4.79 Å². The van der Waals surface area contributed by atoms with Crippen molar-refractivity contribution in [3.05, 3.63) is 34.9 Å². The molecule has 1 amide bonds. The van der Waals surface area contributed by atoms with Crippen LogP contribution in [-0.2, 0) is 9.84 Å². The van der Waals surface area contributed by atoms with Crippen LogP contribution in [0.25, 0.3) is 0 Å². The number of carbonyl (C=O) groups excluding carboxylic acids is 1. The molecular formula is C13H17NO3S. The van der Waals surface area contributed by atoms with E-state index in [2.05, 4.69) is 5.32 Å². The van der Waals surface area contributed by atoms with E-state index in [4.69, 9.17) is 0 Å². The summed E-state index contributed by atoms with van der Waals surface area (Å²) in [5, 5.41) is 2.78. The maximum Gasteiger partial charge on any atom is 0.251 e. The lowest BCUT2D eigenvalue weighted by atomic mass is 10.1. The highest BCUT2D eigenvalue weighted by molar-refractivity contribution is 7.91. The molecule has 5 heteroatoms. The van der Waals surface area contributed by atoms with Gasteiger partial charge >= 0.3 is 0 Å². The Labute approximate surface area is 107 Å². The summed E-state index contributed by atoms with van der Waals surface area (Å²) in [5.41, 5.74) is 2.78. The van der Waals surface area contributed by atoms with Crippen LogP contribution < -0.4 is 5.32 Å². The predicted octanol–water partition coefficient (Wildman–Crippen LogP) is 1.22. The summed E-state index contributed by atoms with van der Waals surface area (Å²) < 4.78 is 22.6. The van der Waals surface area contributed by atoms with Crippen LogP contribution in [0.5, 0.6) is 0 Å². The van der Waals surface area contributed by atoms with Gasteiger partial charge in [0, 0.05) is 11.6 Å². The number of aryl methyl sites for hydroxylation is 2. The summed E-state index contributed by atoms with van der Waals surface area (Å²) >= 11 is 0. The Bertz CT molecular complexity index is 578. The van der Waals surface area contributed by atoms with Crippen LogP contribution in [0.1, 0.15) is 27.9 Å². The van der Waals surface area contributed by atoms with Crippen molar-refractivity contribution in [1.29, 1.82) is 0 Å². The normalized spacial score (nSPS) is 21.8. The third kappa shape index (κ3) is 2.90. The Kier molecular flexibility index (Phi) is 3.43. The van der Waals surface area contributed by atoms with Crippen molar-refractivity contribution in [3.63, 3.8) is 0 Å². The molecule has 1 atom stereocenters. The lowest BCUT2D eigenvalue weighted by Gasteiger charge is -2.11. The van der Waals surface area contributed by atoms with Crippen molar-refractivity contribution < 1.29 is 13.2 Å². The first-order valence-electron chi connectivity index (χ1n) is 5.96. The summed E-state index contributed by atoms with van der Waals surface area (Å²) in [7, 11) is -2.95. The third-order valence-electron chi connectivity index (χ3n) is 3.34. The van der Waals surface area contributed by atoms with Gasteiger partial charge in [0.2, 0.25) is 0 Å². The first kappa shape index (κ1) is 13.1. The van der Waals surface area contributed by atoms with Crippen LogP contribution in [0, 0.1) is 13.8 Å². The summed E-state index contributed by atoms with van der Waals surface area (Å²) in [4.78, 5) is 12.0. The third-order valence-corrected chi connectivity index (χ3v) is 5.10. The smallest absolute Gasteiger partial charge is 0.251 e. The van der Waals surface area contributed by atoms with E-state index in [9.17, 15) is 13.2 Å². The molecule has 0 saturated carbocycles. The average Bonchev–Trinajstić information content (AvgIpc) is 2.62. The summed E-state index contributed by atoms with van der Waals surface area (Å²) in [6, 6.07) is 5.24. The maximum absolute atomic E-state index is 12.0. The van der Waals surface area contributed by atoms with Crippen molar-refractivity contribution in [2.24, 2.45) is 0 Å². The lowest BCUT2D eigenvalue weighted by molar-refractivity contribution is 0.0941. The Morgan fingerprint density at radius 3 is 2.56 bits per heavy atom. The Balaban J connectivity index is 2.06. The maximum atomic E-state index is 12.0. The molecule has 0 radical (unpaired) electrons. The number of hydrogen-bond donors (Lipinski definition) is 1. The molecule has 1 saturated heterocycles. The molecule has 1 aromatic carbocycles. The summed E-state index contributed by atoms with van der Waals surface area (Å²) in [5.74, 6) is 0.0364. The second-order valence-electron chi connectivity index (χ2n) is 4.87. The number of hydrogen-bond acceptors (Lipinski definition) is 3. The van der Waals surface area contributed by atoms with Gasteiger partial charge in [-0.15, -0.1) is 0 Å². The lowest BCUT2D eigenvalue weighted by Crippen LogP contribution is -2.35. The Morgan fingerprint density at radius 1 is 1.28 bits per heavy atom. The largest absolute Gasteiger partial charge is 0.348 e. The van der Waals surface area contributed by atoms with Crippen LogP contribution in [0.15, 0.2) is 18.2 Å². The number of nitrogens with one attached hydrogen (secondary N) is 1. The summed E-state index contributed by atoms with van der Waals surface area (Å²) in [6.07, 6.45) is 0.513. The number of sulfone groups is 1. The zero-order valence-corrected chi connectivity index (χ0v) is 11.4. The molecule has 1 N–H and O–H groups in total. The first-order valence-corrected chi connectivity index (χ1v) is 7.78. The molecule has 0 unspecified atom stereocenters. The average molecular weight is 267 g/mol. The van der Waals surface area contributed by atoms with Crippen LogP contribution in [-0.4, -0.2) is 31.9 Å². The fourth-order valence-electron chi connectivity index (χ4n) is 2.06. The van der Waals surface area contributed by atoms with Crippen molar-refractivity contribution in [2.45, 2.75) is 26.3 Å². The fraction of sp³-hybridized carbons (Fsp3) is 0.462. The minimum absolute atomic E-state index is 0.0591. The predicted molar refractivity (Wildman–Crippen MR) is 70.4 cm³/mol. The molecule has 4 nitrogen and oxygen atoms in total. The molecule has 1 heterocycles. The number of benzene rings is 1. The van der Waals surface area contributed by atoms with E-state index in [1.165, 1.54) is 0 Å². The van der Waals surface area contributed by atoms with Gasteiger partial charge in [-0.2, -0.15) is 0 Å². The van der Waals surface area contributed by atoms with Gasteiger partial charge in [0.1, 0.15) is 0 Å². The molecule has 1 aliphatic rings. The topological polar surface area (TPSA) is 63.2 Å². The minimum atomic E-state index is -2.95. The molecule has 2 rings (SSSR count). The monoisotopic (exact) mass is 267 g/mol. The van der Waals surface area contributed by atoms with Gasteiger partial charge < -0.3 is 5.32 Å². The molecule has 98 valence electrons. The van der Waals surface area contributed by atoms with Crippen molar-refractivity contribution in [3.8, 4) is 0 Å². The molecule has 0 aromatic heterocycles. The van der Waals surface area contributed by atoms with Crippen LogP contribution in [0.4, 0.5) is 0 Å². The highest BCUT2D eigenvalue weighted by atomic mass is 32.2. The van der Waals surface area contributed by atoms with Crippen molar-refractivity contribution >= 4 is 15.7 Å². The second kappa shape index (κ2) is 4.72. The van der Waals surface area contributed by atoms with Crippen LogP contribution in [0.3, 0.4) is 0 Å². The molecule has 0 spiro atoms. The van der Waals surface area contributed by atoms with Crippen molar-refractivity contribution in [1.82, 2.24) is 5.32 Å². The number of carbonyl (C=O) groups is 1. The van der Waals surface area contributed by atoms with E-state index in [0.29, 0.717) is 12.0 Å². The van der Waals surface area contributed by atoms with Gasteiger partial charge in [-0.1, -0.05) is 6.07 Å². The van der Waals surface area contributed by atoms with Gasteiger partial charge in [0.25, 0.3) is 5.91 Å². The van der Waals surface area contributed by atoms with Crippen molar-refractivity contribution in [2.75, 3.05) is 11.5 Å². The van der Waals surface area contributed by atoms with E-state index >= 15 is 0 Å². The first-order chi connectivity index (χ1) is 8.37. The Hall–Kier alpha value is -1.36. The van der Waals surface area contributed by atoms with Gasteiger partial charge in [-0.05, 0) is 43.5 Å². The molecule has 1 aliphatic heterocycles. The van der Waals surface area contributed by atoms with E-state index in [1.54, 1.807) is 6.07 Å².